The van der Waals surface area contributed by atoms with E-state index in [9.17, 15) is 14.0 Å². The van der Waals surface area contributed by atoms with Gasteiger partial charge in [0, 0.05) is 19.0 Å². The number of carbonyl (C=O) groups excluding carboxylic acids is 2. The Balaban J connectivity index is 0.00000106. The Labute approximate surface area is 123 Å². The molecule has 21 heavy (non-hydrogen) atoms. The zero-order valence-electron chi connectivity index (χ0n) is 12.1. The van der Waals surface area contributed by atoms with Crippen molar-refractivity contribution in [3.8, 4) is 0 Å². The Morgan fingerprint density at radius 1 is 1.19 bits per heavy atom. The number of pyridine rings is 1. The first-order chi connectivity index (χ1) is 10.2. The van der Waals surface area contributed by atoms with Gasteiger partial charge in [-0.05, 0) is 24.3 Å². The van der Waals surface area contributed by atoms with Crippen molar-refractivity contribution in [3.05, 3.63) is 54.0 Å². The molecule has 4 nitrogen and oxygen atoms in total. The number of nitrogens with zero attached hydrogens (tertiary/aromatic N) is 1. The van der Waals surface area contributed by atoms with Crippen LogP contribution in [-0.2, 0) is 11.2 Å². The van der Waals surface area contributed by atoms with E-state index >= 15 is 0 Å². The monoisotopic (exact) mass is 291 g/mol. The Morgan fingerprint density at radius 2 is 1.95 bits per heavy atom. The van der Waals surface area contributed by atoms with Crippen LogP contribution < -0.4 is 0 Å². The third-order valence-electron chi connectivity index (χ3n) is 2.60. The molecule has 0 amide bonds. The zero-order valence-corrected chi connectivity index (χ0v) is 12.1. The molecule has 0 radical (unpaired) electrons. The van der Waals surface area contributed by atoms with Crippen LogP contribution in [0.2, 0.25) is 0 Å². The van der Waals surface area contributed by atoms with E-state index < -0.39 is 11.6 Å². The van der Waals surface area contributed by atoms with Crippen molar-refractivity contribution >= 4 is 11.6 Å². The minimum atomic E-state index is -0.661. The van der Waals surface area contributed by atoms with Crippen molar-refractivity contribution in [1.82, 2.24) is 4.98 Å². The SMILES string of the molecule is CC.O=C(CCC(=O)c1ncccc1F)Cc1ccco1. The first-order valence-electron chi connectivity index (χ1n) is 6.84. The molecular formula is C16H18FNO3. The average molecular weight is 291 g/mol. The molecule has 0 atom stereocenters. The van der Waals surface area contributed by atoms with E-state index in [1.54, 1.807) is 12.1 Å². The molecule has 0 unspecified atom stereocenters. The van der Waals surface area contributed by atoms with E-state index in [-0.39, 0.29) is 30.7 Å². The molecule has 0 aliphatic carbocycles. The summed E-state index contributed by atoms with van der Waals surface area (Å²) < 4.78 is 18.3. The van der Waals surface area contributed by atoms with E-state index in [1.807, 2.05) is 13.8 Å². The summed E-state index contributed by atoms with van der Waals surface area (Å²) in [6.45, 7) is 4.00. The highest BCUT2D eigenvalue weighted by molar-refractivity contribution is 5.96. The Morgan fingerprint density at radius 3 is 2.57 bits per heavy atom. The van der Waals surface area contributed by atoms with Gasteiger partial charge in [0.2, 0.25) is 0 Å². The van der Waals surface area contributed by atoms with Gasteiger partial charge in [0.25, 0.3) is 0 Å². The second-order valence-electron chi connectivity index (χ2n) is 4.05. The lowest BCUT2D eigenvalue weighted by Crippen LogP contribution is -2.09. The van der Waals surface area contributed by atoms with Crippen LogP contribution in [0.3, 0.4) is 0 Å². The highest BCUT2D eigenvalue weighted by Crippen LogP contribution is 2.09. The molecule has 2 rings (SSSR count). The minimum absolute atomic E-state index is 0.0481. The molecule has 2 heterocycles. The molecule has 0 saturated heterocycles. The molecule has 2 aromatic rings. The molecule has 0 saturated carbocycles. The molecular weight excluding hydrogens is 273 g/mol. The molecule has 0 aliphatic heterocycles. The van der Waals surface area contributed by atoms with E-state index in [1.165, 1.54) is 24.6 Å². The first kappa shape index (κ1) is 16.8. The summed E-state index contributed by atoms with van der Waals surface area (Å²) in [5, 5.41) is 0. The largest absolute Gasteiger partial charge is 0.469 e. The second-order valence-corrected chi connectivity index (χ2v) is 4.05. The van der Waals surface area contributed by atoms with Gasteiger partial charge in [-0.15, -0.1) is 0 Å². The number of ketones is 2. The van der Waals surface area contributed by atoms with Crippen LogP contribution in [0.5, 0.6) is 0 Å². The molecule has 0 bridgehead atoms. The molecule has 2 aromatic heterocycles. The quantitative estimate of drug-likeness (QED) is 0.763. The molecule has 0 spiro atoms. The fourth-order valence-corrected chi connectivity index (χ4v) is 1.66. The van der Waals surface area contributed by atoms with Crippen molar-refractivity contribution < 1.29 is 18.4 Å². The maximum atomic E-state index is 13.3. The smallest absolute Gasteiger partial charge is 0.184 e. The Kier molecular flexibility index (Phi) is 7.01. The third kappa shape index (κ3) is 5.30. The van der Waals surface area contributed by atoms with Gasteiger partial charge < -0.3 is 4.42 Å². The molecule has 5 heteroatoms. The lowest BCUT2D eigenvalue weighted by Gasteiger charge is -2.01. The number of halogens is 1. The number of aromatic nitrogens is 1. The summed E-state index contributed by atoms with van der Waals surface area (Å²) in [5.74, 6) is -0.696. The summed E-state index contributed by atoms with van der Waals surface area (Å²) in [6, 6.07) is 5.97. The normalized spacial score (nSPS) is 9.67. The van der Waals surface area contributed by atoms with Crippen LogP contribution >= 0.6 is 0 Å². The Bertz CT molecular complexity index is 579. The van der Waals surface area contributed by atoms with Crippen molar-refractivity contribution in [2.45, 2.75) is 33.1 Å². The van der Waals surface area contributed by atoms with E-state index in [0.29, 0.717) is 5.76 Å². The van der Waals surface area contributed by atoms with Crippen LogP contribution in [0, 0.1) is 5.82 Å². The number of rotatable bonds is 6. The van der Waals surface area contributed by atoms with Crippen LogP contribution in [-0.4, -0.2) is 16.6 Å². The summed E-state index contributed by atoms with van der Waals surface area (Å²) in [6.07, 6.45) is 2.98. The number of carbonyl (C=O) groups is 2. The lowest BCUT2D eigenvalue weighted by atomic mass is 10.1. The lowest BCUT2D eigenvalue weighted by molar-refractivity contribution is -0.118. The maximum absolute atomic E-state index is 13.3. The van der Waals surface area contributed by atoms with Crippen molar-refractivity contribution in [2.75, 3.05) is 0 Å². The number of Topliss-reactive ketones (excluding diaryl/α,β-unsaturated/α-hetero) is 2. The number of hydrogen-bond acceptors (Lipinski definition) is 4. The standard InChI is InChI=1S/C14H12FNO3.C2H6/c15-12-4-1-7-16-14(12)13(18)6-5-10(17)9-11-3-2-8-19-11;1-2/h1-4,7-8H,5-6,9H2;1-2H3. The van der Waals surface area contributed by atoms with Crippen LogP contribution in [0.25, 0.3) is 0 Å². The molecule has 112 valence electrons. The summed E-state index contributed by atoms with van der Waals surface area (Å²) >= 11 is 0. The van der Waals surface area contributed by atoms with E-state index in [2.05, 4.69) is 4.98 Å². The van der Waals surface area contributed by atoms with E-state index in [4.69, 9.17) is 4.42 Å². The zero-order chi connectivity index (χ0) is 15.7. The molecule has 0 fully saturated rings. The predicted octanol–water partition coefficient (Wildman–Crippen LogP) is 3.61. The van der Waals surface area contributed by atoms with Gasteiger partial charge in [-0.2, -0.15) is 0 Å². The van der Waals surface area contributed by atoms with Gasteiger partial charge in [0.05, 0.1) is 12.7 Å². The fourth-order valence-electron chi connectivity index (χ4n) is 1.66. The van der Waals surface area contributed by atoms with Crippen LogP contribution in [0.1, 0.15) is 42.9 Å². The molecule has 0 N–H and O–H groups in total. The maximum Gasteiger partial charge on any atom is 0.184 e. The van der Waals surface area contributed by atoms with Crippen LogP contribution in [0.4, 0.5) is 4.39 Å². The average Bonchev–Trinajstić information content (AvgIpc) is 3.00. The van der Waals surface area contributed by atoms with Crippen molar-refractivity contribution in [1.29, 1.82) is 0 Å². The summed E-state index contributed by atoms with van der Waals surface area (Å²) in [5.41, 5.74) is -0.215. The van der Waals surface area contributed by atoms with Gasteiger partial charge in [0.1, 0.15) is 17.2 Å². The number of hydrogen-bond donors (Lipinski definition) is 0. The molecule has 0 aromatic carbocycles. The number of furan rings is 1. The van der Waals surface area contributed by atoms with Crippen molar-refractivity contribution in [2.24, 2.45) is 0 Å². The minimum Gasteiger partial charge on any atom is -0.469 e. The van der Waals surface area contributed by atoms with Gasteiger partial charge in [-0.3, -0.25) is 14.6 Å². The predicted molar refractivity (Wildman–Crippen MR) is 76.5 cm³/mol. The first-order valence-corrected chi connectivity index (χ1v) is 6.84. The van der Waals surface area contributed by atoms with Gasteiger partial charge in [-0.25, -0.2) is 4.39 Å². The van der Waals surface area contributed by atoms with Crippen LogP contribution in [0.15, 0.2) is 41.1 Å². The topological polar surface area (TPSA) is 60.2 Å². The third-order valence-corrected chi connectivity index (χ3v) is 2.60. The highest BCUT2D eigenvalue weighted by atomic mass is 19.1. The fraction of sp³-hybridized carbons (Fsp3) is 0.312. The summed E-state index contributed by atoms with van der Waals surface area (Å²) in [4.78, 5) is 27.0. The van der Waals surface area contributed by atoms with E-state index in [0.717, 1.165) is 0 Å². The summed E-state index contributed by atoms with van der Waals surface area (Å²) in [7, 11) is 0. The van der Waals surface area contributed by atoms with Gasteiger partial charge in [0.15, 0.2) is 11.6 Å². The molecule has 0 aliphatic rings. The highest BCUT2D eigenvalue weighted by Gasteiger charge is 2.15. The Hall–Kier alpha value is -2.30. The van der Waals surface area contributed by atoms with Gasteiger partial charge >= 0.3 is 0 Å². The van der Waals surface area contributed by atoms with Crippen molar-refractivity contribution in [3.63, 3.8) is 0 Å². The van der Waals surface area contributed by atoms with Gasteiger partial charge in [-0.1, -0.05) is 13.8 Å². The second kappa shape index (κ2) is 8.79.